The molecule has 0 aliphatic heterocycles. The fourth-order valence-corrected chi connectivity index (χ4v) is 2.04. The minimum Gasteiger partial charge on any atom is -0.491 e. The van der Waals surface area contributed by atoms with Crippen molar-refractivity contribution in [1.29, 1.82) is 0 Å². The van der Waals surface area contributed by atoms with Gasteiger partial charge in [-0.15, -0.1) is 0 Å². The van der Waals surface area contributed by atoms with Gasteiger partial charge >= 0.3 is 5.97 Å². The number of aliphatic hydroxyl groups is 1. The molecule has 0 fully saturated rings. The van der Waals surface area contributed by atoms with Crippen LogP contribution in [0.4, 0.5) is 0 Å². The van der Waals surface area contributed by atoms with Crippen molar-refractivity contribution < 1.29 is 19.4 Å². The van der Waals surface area contributed by atoms with Crippen LogP contribution < -0.4 is 4.74 Å². The first-order chi connectivity index (χ1) is 10.7. The Balaban J connectivity index is 1.85. The maximum absolute atomic E-state index is 11.2. The second-order valence-electron chi connectivity index (χ2n) is 4.86. The van der Waals surface area contributed by atoms with Crippen molar-refractivity contribution >= 4 is 5.97 Å². The summed E-state index contributed by atoms with van der Waals surface area (Å²) in [6, 6.07) is 17.7. The van der Waals surface area contributed by atoms with Gasteiger partial charge in [-0.3, -0.25) is 4.79 Å². The molecule has 0 spiro atoms. The highest BCUT2D eigenvalue weighted by Gasteiger charge is 2.12. The van der Waals surface area contributed by atoms with E-state index in [1.807, 2.05) is 54.6 Å². The van der Waals surface area contributed by atoms with E-state index in [1.165, 1.54) is 0 Å². The summed E-state index contributed by atoms with van der Waals surface area (Å²) in [5, 5.41) is 9.71. The molecular weight excluding hydrogens is 280 g/mol. The van der Waals surface area contributed by atoms with Crippen LogP contribution in [-0.4, -0.2) is 30.4 Å². The standard InChI is InChI=1S/C18H20O4/c1-2-21-18(20)12-16(19)13-22-17-10-8-15(9-11-17)14-6-4-3-5-7-14/h3-11,16,19H,2,12-13H2,1H3/t16-/m1/s1. The second-order valence-corrected chi connectivity index (χ2v) is 4.86. The lowest BCUT2D eigenvalue weighted by atomic mass is 10.1. The normalized spacial score (nSPS) is 11.7. The topological polar surface area (TPSA) is 55.8 Å². The Kier molecular flexibility index (Phi) is 5.98. The molecule has 0 bridgehead atoms. The molecule has 0 radical (unpaired) electrons. The predicted molar refractivity (Wildman–Crippen MR) is 84.6 cm³/mol. The maximum atomic E-state index is 11.2. The molecule has 2 rings (SSSR count). The molecular formula is C18H20O4. The second kappa shape index (κ2) is 8.20. The van der Waals surface area contributed by atoms with Gasteiger partial charge < -0.3 is 14.6 Å². The van der Waals surface area contributed by atoms with Crippen molar-refractivity contribution in [1.82, 2.24) is 0 Å². The maximum Gasteiger partial charge on any atom is 0.308 e. The number of carbonyl (C=O) groups is 1. The average Bonchev–Trinajstić information content (AvgIpc) is 2.54. The molecule has 1 atom stereocenters. The van der Waals surface area contributed by atoms with Gasteiger partial charge in [-0.25, -0.2) is 0 Å². The third kappa shape index (κ3) is 4.90. The van der Waals surface area contributed by atoms with Gasteiger partial charge in [0.1, 0.15) is 12.4 Å². The number of aliphatic hydroxyl groups excluding tert-OH is 1. The number of hydrogen-bond donors (Lipinski definition) is 1. The highest BCUT2D eigenvalue weighted by Crippen LogP contribution is 2.22. The summed E-state index contributed by atoms with van der Waals surface area (Å²) in [5.41, 5.74) is 2.23. The molecule has 2 aromatic rings. The lowest BCUT2D eigenvalue weighted by Gasteiger charge is -2.12. The molecule has 0 aliphatic carbocycles. The zero-order valence-corrected chi connectivity index (χ0v) is 12.6. The minimum atomic E-state index is -0.868. The predicted octanol–water partition coefficient (Wildman–Crippen LogP) is 3.05. The number of esters is 1. The van der Waals surface area contributed by atoms with Gasteiger partial charge in [0.25, 0.3) is 0 Å². The van der Waals surface area contributed by atoms with Crippen molar-refractivity contribution in [3.05, 3.63) is 54.6 Å². The average molecular weight is 300 g/mol. The van der Waals surface area contributed by atoms with Crippen LogP contribution in [0.3, 0.4) is 0 Å². The Morgan fingerprint density at radius 2 is 1.68 bits per heavy atom. The van der Waals surface area contributed by atoms with E-state index >= 15 is 0 Å². The first-order valence-corrected chi connectivity index (χ1v) is 7.31. The van der Waals surface area contributed by atoms with Gasteiger partial charge in [0.2, 0.25) is 0 Å². The Morgan fingerprint density at radius 3 is 2.32 bits per heavy atom. The van der Waals surface area contributed by atoms with Gasteiger partial charge in [-0.1, -0.05) is 42.5 Å². The quantitative estimate of drug-likeness (QED) is 0.799. The number of rotatable bonds is 7. The SMILES string of the molecule is CCOC(=O)C[C@@H](O)COc1ccc(-c2ccccc2)cc1. The Morgan fingerprint density at radius 1 is 1.05 bits per heavy atom. The van der Waals surface area contributed by atoms with Crippen LogP contribution >= 0.6 is 0 Å². The zero-order valence-electron chi connectivity index (χ0n) is 12.6. The summed E-state index contributed by atoms with van der Waals surface area (Å²) in [6.07, 6.45) is -0.927. The zero-order chi connectivity index (χ0) is 15.8. The van der Waals surface area contributed by atoms with E-state index < -0.39 is 12.1 Å². The molecule has 116 valence electrons. The van der Waals surface area contributed by atoms with Crippen molar-refractivity contribution in [3.63, 3.8) is 0 Å². The van der Waals surface area contributed by atoms with Crippen LogP contribution in [0.25, 0.3) is 11.1 Å². The minimum absolute atomic E-state index is 0.0590. The van der Waals surface area contributed by atoms with Gasteiger partial charge in [0.15, 0.2) is 0 Å². The molecule has 4 nitrogen and oxygen atoms in total. The summed E-state index contributed by atoms with van der Waals surface area (Å²) >= 11 is 0. The third-order valence-electron chi connectivity index (χ3n) is 3.11. The molecule has 1 N–H and O–H groups in total. The molecule has 22 heavy (non-hydrogen) atoms. The molecule has 0 aromatic heterocycles. The monoisotopic (exact) mass is 300 g/mol. The lowest BCUT2D eigenvalue weighted by Crippen LogP contribution is -2.22. The molecule has 0 heterocycles. The number of hydrogen-bond acceptors (Lipinski definition) is 4. The number of ether oxygens (including phenoxy) is 2. The number of benzene rings is 2. The molecule has 0 amide bonds. The largest absolute Gasteiger partial charge is 0.491 e. The van der Waals surface area contributed by atoms with Crippen LogP contribution in [0.2, 0.25) is 0 Å². The van der Waals surface area contributed by atoms with E-state index in [4.69, 9.17) is 9.47 Å². The van der Waals surface area contributed by atoms with Gasteiger partial charge in [0, 0.05) is 0 Å². The number of carbonyl (C=O) groups excluding carboxylic acids is 1. The highest BCUT2D eigenvalue weighted by atomic mass is 16.5. The van der Waals surface area contributed by atoms with Gasteiger partial charge in [0.05, 0.1) is 19.1 Å². The molecule has 0 aliphatic rings. The van der Waals surface area contributed by atoms with Crippen LogP contribution in [-0.2, 0) is 9.53 Å². The Hall–Kier alpha value is -2.33. The van der Waals surface area contributed by atoms with Crippen molar-refractivity contribution in [2.75, 3.05) is 13.2 Å². The molecule has 0 saturated carbocycles. The lowest BCUT2D eigenvalue weighted by molar-refractivity contribution is -0.145. The summed E-state index contributed by atoms with van der Waals surface area (Å²) in [7, 11) is 0. The van der Waals surface area contributed by atoms with Crippen LogP contribution in [0.1, 0.15) is 13.3 Å². The molecule has 4 heteroatoms. The van der Waals surface area contributed by atoms with E-state index in [9.17, 15) is 9.90 Å². The first-order valence-electron chi connectivity index (χ1n) is 7.31. The fraction of sp³-hybridized carbons (Fsp3) is 0.278. The van der Waals surface area contributed by atoms with Gasteiger partial charge in [-0.05, 0) is 30.2 Å². The summed E-state index contributed by atoms with van der Waals surface area (Å²) in [5.74, 6) is 0.237. The van der Waals surface area contributed by atoms with E-state index in [1.54, 1.807) is 6.92 Å². The van der Waals surface area contributed by atoms with E-state index in [-0.39, 0.29) is 13.0 Å². The summed E-state index contributed by atoms with van der Waals surface area (Å²) < 4.78 is 10.3. The van der Waals surface area contributed by atoms with Crippen LogP contribution in [0.5, 0.6) is 5.75 Å². The fourth-order valence-electron chi connectivity index (χ4n) is 2.04. The molecule has 2 aromatic carbocycles. The Labute approximate surface area is 130 Å². The Bertz CT molecular complexity index is 578. The van der Waals surface area contributed by atoms with Crippen molar-refractivity contribution in [2.24, 2.45) is 0 Å². The van der Waals surface area contributed by atoms with Crippen molar-refractivity contribution in [3.8, 4) is 16.9 Å². The molecule has 0 unspecified atom stereocenters. The smallest absolute Gasteiger partial charge is 0.308 e. The van der Waals surface area contributed by atoms with Gasteiger partial charge in [-0.2, -0.15) is 0 Å². The van der Waals surface area contributed by atoms with E-state index in [0.29, 0.717) is 12.4 Å². The summed E-state index contributed by atoms with van der Waals surface area (Å²) in [4.78, 5) is 11.2. The highest BCUT2D eigenvalue weighted by molar-refractivity contribution is 5.69. The summed E-state index contributed by atoms with van der Waals surface area (Å²) in [6.45, 7) is 2.10. The van der Waals surface area contributed by atoms with E-state index in [0.717, 1.165) is 11.1 Å². The van der Waals surface area contributed by atoms with Crippen LogP contribution in [0, 0.1) is 0 Å². The van der Waals surface area contributed by atoms with E-state index in [2.05, 4.69) is 0 Å². The van der Waals surface area contributed by atoms with Crippen molar-refractivity contribution in [2.45, 2.75) is 19.4 Å². The van der Waals surface area contributed by atoms with Crippen LogP contribution in [0.15, 0.2) is 54.6 Å². The third-order valence-corrected chi connectivity index (χ3v) is 3.11. The first kappa shape index (κ1) is 16.0. The molecule has 0 saturated heterocycles.